The number of likely N-dealkylation sites (tertiary alicyclic amines) is 1. The number of pyridine rings is 1. The topological polar surface area (TPSA) is 77.0 Å². The first-order valence-electron chi connectivity index (χ1n) is 8.32. The minimum atomic E-state index is 0.0412. The van der Waals surface area contributed by atoms with Crippen LogP contribution in [0.5, 0.6) is 0 Å². The average Bonchev–Trinajstić information content (AvgIpc) is 3.09. The highest BCUT2D eigenvalue weighted by atomic mass is 16.2. The SMILES string of the molecule is CC(C)Cn1ncc2cc(C(=O)N3CC(CN)CC3C)cnc21. The minimum absolute atomic E-state index is 0.0412. The quantitative estimate of drug-likeness (QED) is 0.935. The van der Waals surface area contributed by atoms with Gasteiger partial charge in [0.2, 0.25) is 0 Å². The van der Waals surface area contributed by atoms with Gasteiger partial charge < -0.3 is 10.6 Å². The molecule has 1 amide bonds. The van der Waals surface area contributed by atoms with Crippen LogP contribution in [0.3, 0.4) is 0 Å². The van der Waals surface area contributed by atoms with E-state index < -0.39 is 0 Å². The normalized spacial score (nSPS) is 21.5. The van der Waals surface area contributed by atoms with Gasteiger partial charge in [0.15, 0.2) is 5.65 Å². The lowest BCUT2D eigenvalue weighted by Crippen LogP contribution is -2.34. The number of nitrogens with zero attached hydrogens (tertiary/aromatic N) is 4. The van der Waals surface area contributed by atoms with Gasteiger partial charge in [-0.3, -0.25) is 4.79 Å². The molecule has 6 nitrogen and oxygen atoms in total. The van der Waals surface area contributed by atoms with Gasteiger partial charge in [-0.25, -0.2) is 9.67 Å². The molecule has 0 spiro atoms. The van der Waals surface area contributed by atoms with Gasteiger partial charge in [-0.1, -0.05) is 13.8 Å². The largest absolute Gasteiger partial charge is 0.336 e. The number of amides is 1. The van der Waals surface area contributed by atoms with Gasteiger partial charge in [0.25, 0.3) is 5.91 Å². The summed E-state index contributed by atoms with van der Waals surface area (Å²) in [5, 5.41) is 5.30. The van der Waals surface area contributed by atoms with E-state index in [4.69, 9.17) is 5.73 Å². The van der Waals surface area contributed by atoms with Crippen molar-refractivity contribution in [3.05, 3.63) is 24.0 Å². The summed E-state index contributed by atoms with van der Waals surface area (Å²) >= 11 is 0. The highest BCUT2D eigenvalue weighted by Crippen LogP contribution is 2.25. The maximum atomic E-state index is 12.8. The van der Waals surface area contributed by atoms with E-state index >= 15 is 0 Å². The molecule has 1 aliphatic rings. The number of hydrogen-bond acceptors (Lipinski definition) is 4. The first kappa shape index (κ1) is 15.9. The first-order valence-corrected chi connectivity index (χ1v) is 8.32. The fourth-order valence-electron chi connectivity index (χ4n) is 3.33. The van der Waals surface area contributed by atoms with E-state index in [2.05, 4.69) is 30.9 Å². The minimum Gasteiger partial charge on any atom is -0.336 e. The van der Waals surface area contributed by atoms with Crippen molar-refractivity contribution in [2.45, 2.75) is 39.8 Å². The van der Waals surface area contributed by atoms with Crippen LogP contribution in [0.15, 0.2) is 18.5 Å². The summed E-state index contributed by atoms with van der Waals surface area (Å²) in [5.41, 5.74) is 7.22. The Morgan fingerprint density at radius 3 is 2.87 bits per heavy atom. The van der Waals surface area contributed by atoms with Gasteiger partial charge >= 0.3 is 0 Å². The number of carbonyl (C=O) groups excluding carboxylic acids is 1. The van der Waals surface area contributed by atoms with Gasteiger partial charge in [-0.05, 0) is 37.8 Å². The Morgan fingerprint density at radius 1 is 1.43 bits per heavy atom. The molecule has 0 aliphatic carbocycles. The Kier molecular flexibility index (Phi) is 4.35. The van der Waals surface area contributed by atoms with Crippen LogP contribution in [0, 0.1) is 11.8 Å². The molecular formula is C17H25N5O. The molecule has 1 fully saturated rings. The summed E-state index contributed by atoms with van der Waals surface area (Å²) in [6, 6.07) is 2.13. The van der Waals surface area contributed by atoms with Crippen LogP contribution >= 0.6 is 0 Å². The maximum absolute atomic E-state index is 12.8. The molecule has 0 radical (unpaired) electrons. The lowest BCUT2D eigenvalue weighted by molar-refractivity contribution is 0.0743. The van der Waals surface area contributed by atoms with Crippen LogP contribution in [0.4, 0.5) is 0 Å². The number of nitrogens with two attached hydrogens (primary N) is 1. The van der Waals surface area contributed by atoms with Crippen molar-refractivity contribution in [2.75, 3.05) is 13.1 Å². The van der Waals surface area contributed by atoms with Crippen molar-refractivity contribution in [3.63, 3.8) is 0 Å². The van der Waals surface area contributed by atoms with Crippen LogP contribution < -0.4 is 5.73 Å². The van der Waals surface area contributed by atoms with Crippen LogP contribution in [0.1, 0.15) is 37.6 Å². The van der Waals surface area contributed by atoms with Crippen molar-refractivity contribution in [1.82, 2.24) is 19.7 Å². The lowest BCUT2D eigenvalue weighted by atomic mass is 10.1. The average molecular weight is 315 g/mol. The molecule has 3 rings (SSSR count). The summed E-state index contributed by atoms with van der Waals surface area (Å²) in [6.45, 7) is 8.57. The van der Waals surface area contributed by atoms with E-state index in [1.165, 1.54) is 0 Å². The molecule has 23 heavy (non-hydrogen) atoms. The van der Waals surface area contributed by atoms with Crippen LogP contribution in [0.25, 0.3) is 11.0 Å². The third kappa shape index (κ3) is 3.08. The molecule has 6 heteroatoms. The van der Waals surface area contributed by atoms with Crippen molar-refractivity contribution in [3.8, 4) is 0 Å². The third-order valence-corrected chi connectivity index (χ3v) is 4.52. The van der Waals surface area contributed by atoms with Gasteiger partial charge in [-0.2, -0.15) is 5.10 Å². The second kappa shape index (κ2) is 6.28. The Bertz CT molecular complexity index is 708. The van der Waals surface area contributed by atoms with E-state index in [0.717, 1.165) is 30.5 Å². The summed E-state index contributed by atoms with van der Waals surface area (Å²) in [5.74, 6) is 0.943. The number of carbonyl (C=O) groups is 1. The predicted molar refractivity (Wildman–Crippen MR) is 90.0 cm³/mol. The summed E-state index contributed by atoms with van der Waals surface area (Å²) in [7, 11) is 0. The van der Waals surface area contributed by atoms with Gasteiger partial charge in [0.05, 0.1) is 11.8 Å². The zero-order valence-electron chi connectivity index (χ0n) is 14.1. The lowest BCUT2D eigenvalue weighted by Gasteiger charge is -2.21. The molecule has 2 unspecified atom stereocenters. The van der Waals surface area contributed by atoms with Crippen LogP contribution in [-0.2, 0) is 6.54 Å². The van der Waals surface area contributed by atoms with E-state index in [-0.39, 0.29) is 11.9 Å². The van der Waals surface area contributed by atoms with E-state index in [1.54, 1.807) is 12.4 Å². The molecule has 0 saturated carbocycles. The molecule has 2 aromatic heterocycles. The van der Waals surface area contributed by atoms with Crippen molar-refractivity contribution in [2.24, 2.45) is 17.6 Å². The number of aromatic nitrogens is 3. The third-order valence-electron chi connectivity index (χ3n) is 4.52. The number of rotatable bonds is 4. The smallest absolute Gasteiger partial charge is 0.255 e. The highest BCUT2D eigenvalue weighted by Gasteiger charge is 2.32. The Balaban J connectivity index is 1.84. The van der Waals surface area contributed by atoms with Gasteiger partial charge in [0, 0.05) is 30.7 Å². The van der Waals surface area contributed by atoms with E-state index in [0.29, 0.717) is 23.9 Å². The van der Waals surface area contributed by atoms with Crippen molar-refractivity contribution < 1.29 is 4.79 Å². The molecule has 124 valence electrons. The Morgan fingerprint density at radius 2 is 2.22 bits per heavy atom. The van der Waals surface area contributed by atoms with Gasteiger partial charge in [0.1, 0.15) is 0 Å². The highest BCUT2D eigenvalue weighted by molar-refractivity contribution is 5.97. The summed E-state index contributed by atoms with van der Waals surface area (Å²) in [4.78, 5) is 19.2. The predicted octanol–water partition coefficient (Wildman–Crippen LogP) is 1.90. The zero-order valence-corrected chi connectivity index (χ0v) is 14.1. The Labute approximate surface area is 136 Å². The monoisotopic (exact) mass is 315 g/mol. The molecule has 0 aromatic carbocycles. The van der Waals surface area contributed by atoms with Crippen molar-refractivity contribution in [1.29, 1.82) is 0 Å². The summed E-state index contributed by atoms with van der Waals surface area (Å²) in [6.07, 6.45) is 4.44. The fourth-order valence-corrected chi connectivity index (χ4v) is 3.33. The second-order valence-corrected chi connectivity index (χ2v) is 7.00. The Hall–Kier alpha value is -1.95. The standard InChI is InChI=1S/C17H25N5O/c1-11(2)9-22-16-14(8-20-22)5-15(7-19-16)17(23)21-10-13(6-18)4-12(21)3/h5,7-8,11-13H,4,6,9-10,18H2,1-3H3. The van der Waals surface area contributed by atoms with E-state index in [1.807, 2.05) is 15.6 Å². The maximum Gasteiger partial charge on any atom is 0.255 e. The van der Waals surface area contributed by atoms with Crippen LogP contribution in [0.2, 0.25) is 0 Å². The molecule has 3 heterocycles. The molecule has 1 aliphatic heterocycles. The molecule has 2 aromatic rings. The molecule has 2 atom stereocenters. The van der Waals surface area contributed by atoms with Crippen molar-refractivity contribution >= 4 is 16.9 Å². The fraction of sp³-hybridized carbons (Fsp3) is 0.588. The number of fused-ring (bicyclic) bond motifs is 1. The first-order chi connectivity index (χ1) is 11.0. The molecule has 1 saturated heterocycles. The zero-order chi connectivity index (χ0) is 16.6. The van der Waals surface area contributed by atoms with Crippen LogP contribution in [-0.4, -0.2) is 44.7 Å². The number of hydrogen-bond donors (Lipinski definition) is 1. The second-order valence-electron chi connectivity index (χ2n) is 7.00. The molecule has 2 N–H and O–H groups in total. The van der Waals surface area contributed by atoms with Gasteiger partial charge in [-0.15, -0.1) is 0 Å². The van der Waals surface area contributed by atoms with E-state index in [9.17, 15) is 4.79 Å². The molecule has 0 bridgehead atoms. The molecular weight excluding hydrogens is 290 g/mol. The summed E-state index contributed by atoms with van der Waals surface area (Å²) < 4.78 is 1.90.